The summed E-state index contributed by atoms with van der Waals surface area (Å²) < 4.78 is 20.5. The largest absolute Gasteiger partial charge is 0.343 e. The molecular weight excluding hydrogens is 511 g/mol. The molecule has 3 N–H and O–H groups in total. The van der Waals surface area contributed by atoms with Gasteiger partial charge in [0.15, 0.2) is 5.82 Å². The first-order valence-corrected chi connectivity index (χ1v) is 11.7. The lowest BCUT2D eigenvalue weighted by molar-refractivity contribution is -0.123. The molecule has 3 heterocycles. The Bertz CT molecular complexity index is 1550. The Hall–Kier alpha value is -4.16. The highest BCUT2D eigenvalue weighted by Gasteiger charge is 2.36. The monoisotopic (exact) mass is 526 g/mol. The zero-order valence-corrected chi connectivity index (χ0v) is 19.8. The van der Waals surface area contributed by atoms with Gasteiger partial charge in [-0.05, 0) is 35.8 Å². The number of halogens is 2. The van der Waals surface area contributed by atoms with Crippen LogP contribution >= 0.6 is 23.1 Å². The van der Waals surface area contributed by atoms with E-state index in [9.17, 15) is 23.6 Å². The molecule has 0 saturated carbocycles. The molecule has 0 bridgehead atoms. The fourth-order valence-corrected chi connectivity index (χ4v) is 4.99. The number of nitrogens with zero attached hydrogens (tertiary/aromatic N) is 3. The number of hydrogen-bond donors (Lipinski definition) is 3. The number of rotatable bonds is 6. The van der Waals surface area contributed by atoms with Crippen molar-refractivity contribution in [1.29, 1.82) is 0 Å². The highest BCUT2D eigenvalue weighted by Crippen LogP contribution is 2.36. The van der Waals surface area contributed by atoms with Crippen molar-refractivity contribution >= 4 is 63.0 Å². The van der Waals surface area contributed by atoms with Crippen LogP contribution in [0.4, 0.5) is 10.2 Å². The van der Waals surface area contributed by atoms with Crippen molar-refractivity contribution in [1.82, 2.24) is 24.6 Å². The lowest BCUT2D eigenvalue weighted by Gasteiger charge is -2.28. The molecule has 13 heteroatoms. The van der Waals surface area contributed by atoms with Gasteiger partial charge in [-0.15, -0.1) is 0 Å². The normalized spacial score (nSPS) is 14.7. The number of carbonyl (C=O) groups is 4. The van der Waals surface area contributed by atoms with Gasteiger partial charge in [0, 0.05) is 16.0 Å². The number of fused-ring (bicyclic) bond motifs is 2. The number of carbonyl (C=O) groups excluding carboxylic acids is 4. The predicted molar refractivity (Wildman–Crippen MR) is 130 cm³/mol. The Balaban J connectivity index is 1.63. The second kappa shape index (κ2) is 9.47. The van der Waals surface area contributed by atoms with Gasteiger partial charge in [0.25, 0.3) is 11.8 Å². The van der Waals surface area contributed by atoms with E-state index in [4.69, 9.17) is 11.6 Å². The number of aromatic nitrogens is 3. The van der Waals surface area contributed by atoms with Crippen molar-refractivity contribution in [2.75, 3.05) is 11.9 Å². The molecular formula is C23H16ClFN6O4S. The van der Waals surface area contributed by atoms with E-state index in [1.807, 2.05) is 12.1 Å². The van der Waals surface area contributed by atoms with Gasteiger partial charge in [0.05, 0.1) is 23.0 Å². The Morgan fingerprint density at radius 3 is 2.86 bits per heavy atom. The molecule has 0 unspecified atom stereocenters. The maximum atomic E-state index is 14.1. The summed E-state index contributed by atoms with van der Waals surface area (Å²) in [5.41, 5.74) is 0.580. The third-order valence-corrected chi connectivity index (χ3v) is 6.70. The van der Waals surface area contributed by atoms with Gasteiger partial charge in [-0.2, -0.15) is 4.37 Å². The maximum Gasteiger partial charge on any atom is 0.287 e. The Labute approximate surface area is 211 Å². The standard InChI is InChI=1S/C23H16ClFN6O4S/c24-14-6-5-11(25)9-13(14)17-19-20(29-22(34)18-12-3-1-2-4-15(12)36-30-18)28-21(23(35)26-7-8-32)31(19)10-16(33)27-17/h1-6,8-9,17H,7,10H2,(H,26,35)(H,27,33)(H,29,34)/t17-/m0/s1. The average Bonchev–Trinajstić information content (AvgIpc) is 3.45. The van der Waals surface area contributed by atoms with E-state index < -0.39 is 29.6 Å². The van der Waals surface area contributed by atoms with Crippen molar-refractivity contribution < 1.29 is 23.6 Å². The summed E-state index contributed by atoms with van der Waals surface area (Å²) in [6.45, 7) is -0.579. The summed E-state index contributed by atoms with van der Waals surface area (Å²) in [6.07, 6.45) is 0.496. The van der Waals surface area contributed by atoms with Crippen LogP contribution in [0.25, 0.3) is 10.1 Å². The number of nitrogens with one attached hydrogen (secondary N) is 3. The molecule has 5 rings (SSSR count). The number of anilines is 1. The van der Waals surface area contributed by atoms with Gasteiger partial charge >= 0.3 is 0 Å². The number of imidazole rings is 1. The molecule has 10 nitrogen and oxygen atoms in total. The van der Waals surface area contributed by atoms with E-state index in [0.717, 1.165) is 22.3 Å². The van der Waals surface area contributed by atoms with Gasteiger partial charge in [-0.25, -0.2) is 9.37 Å². The fraction of sp³-hybridized carbons (Fsp3) is 0.130. The van der Waals surface area contributed by atoms with Crippen LogP contribution in [0.1, 0.15) is 38.4 Å². The van der Waals surface area contributed by atoms with Crippen LogP contribution in [-0.2, 0) is 16.1 Å². The van der Waals surface area contributed by atoms with E-state index in [-0.39, 0.29) is 46.7 Å². The van der Waals surface area contributed by atoms with E-state index >= 15 is 0 Å². The summed E-state index contributed by atoms with van der Waals surface area (Å²) in [7, 11) is 0. The van der Waals surface area contributed by atoms with Crippen molar-refractivity contribution in [2.24, 2.45) is 0 Å². The zero-order valence-electron chi connectivity index (χ0n) is 18.2. The summed E-state index contributed by atoms with van der Waals surface area (Å²) in [5.74, 6) is -2.66. The lowest BCUT2D eigenvalue weighted by atomic mass is 10.0. The van der Waals surface area contributed by atoms with E-state index in [0.29, 0.717) is 11.7 Å². The number of amides is 3. The summed E-state index contributed by atoms with van der Waals surface area (Å²) in [5, 5.41) is 8.58. The number of benzene rings is 2. The quantitative estimate of drug-likeness (QED) is 0.331. The van der Waals surface area contributed by atoms with Gasteiger partial charge < -0.3 is 25.3 Å². The van der Waals surface area contributed by atoms with E-state index in [1.165, 1.54) is 16.7 Å². The summed E-state index contributed by atoms with van der Waals surface area (Å²) >= 11 is 7.48. The van der Waals surface area contributed by atoms with Crippen LogP contribution in [-0.4, -0.2) is 44.5 Å². The predicted octanol–water partition coefficient (Wildman–Crippen LogP) is 2.69. The summed E-state index contributed by atoms with van der Waals surface area (Å²) in [6, 6.07) is 9.82. The third-order valence-electron chi connectivity index (χ3n) is 5.53. The van der Waals surface area contributed by atoms with Crippen LogP contribution in [0.5, 0.6) is 0 Å². The SMILES string of the molecule is O=CCNC(=O)c1nc(NC(=O)c2nsc3ccccc23)c2n1CC(=O)N[C@H]2c1cc(F)ccc1Cl. The summed E-state index contributed by atoms with van der Waals surface area (Å²) in [4.78, 5) is 53.6. The van der Waals surface area contributed by atoms with Crippen LogP contribution in [0.15, 0.2) is 42.5 Å². The first-order chi connectivity index (χ1) is 17.4. The molecule has 0 aliphatic carbocycles. The topological polar surface area (TPSA) is 135 Å². The molecule has 2 aromatic carbocycles. The molecule has 0 fully saturated rings. The number of hydrogen-bond acceptors (Lipinski definition) is 7. The molecule has 0 saturated heterocycles. The van der Waals surface area contributed by atoms with Gasteiger partial charge in [-0.1, -0.05) is 29.8 Å². The first kappa shape index (κ1) is 23.6. The molecule has 1 atom stereocenters. The van der Waals surface area contributed by atoms with Crippen LogP contribution in [0.2, 0.25) is 5.02 Å². The van der Waals surface area contributed by atoms with Gasteiger partial charge in [0.2, 0.25) is 11.7 Å². The Morgan fingerprint density at radius 1 is 1.25 bits per heavy atom. The van der Waals surface area contributed by atoms with Gasteiger partial charge in [0.1, 0.15) is 24.3 Å². The highest BCUT2D eigenvalue weighted by atomic mass is 35.5. The van der Waals surface area contributed by atoms with E-state index in [2.05, 4.69) is 25.3 Å². The highest BCUT2D eigenvalue weighted by molar-refractivity contribution is 7.13. The minimum absolute atomic E-state index is 0.0429. The molecule has 182 valence electrons. The van der Waals surface area contributed by atoms with Crippen molar-refractivity contribution in [2.45, 2.75) is 12.6 Å². The fourth-order valence-electron chi connectivity index (χ4n) is 3.99. The minimum atomic E-state index is -1.03. The van der Waals surface area contributed by atoms with Crippen LogP contribution in [0, 0.1) is 5.82 Å². The lowest BCUT2D eigenvalue weighted by Crippen LogP contribution is -2.41. The van der Waals surface area contributed by atoms with Crippen molar-refractivity contribution in [3.05, 3.63) is 76.1 Å². The third kappa shape index (κ3) is 4.20. The van der Waals surface area contributed by atoms with Gasteiger partial charge in [-0.3, -0.25) is 14.4 Å². The first-order valence-electron chi connectivity index (χ1n) is 10.6. The molecule has 0 spiro atoms. The molecule has 36 heavy (non-hydrogen) atoms. The average molecular weight is 527 g/mol. The Morgan fingerprint density at radius 2 is 2.06 bits per heavy atom. The minimum Gasteiger partial charge on any atom is -0.343 e. The second-order valence-corrected chi connectivity index (χ2v) is 8.99. The van der Waals surface area contributed by atoms with Crippen molar-refractivity contribution in [3.63, 3.8) is 0 Å². The maximum absolute atomic E-state index is 14.1. The molecule has 1 aliphatic heterocycles. The molecule has 4 aromatic rings. The van der Waals surface area contributed by atoms with E-state index in [1.54, 1.807) is 12.1 Å². The smallest absolute Gasteiger partial charge is 0.287 e. The zero-order chi connectivity index (χ0) is 25.4. The number of aldehydes is 1. The molecule has 3 amide bonds. The Kier molecular flexibility index (Phi) is 6.20. The molecule has 1 aliphatic rings. The second-order valence-electron chi connectivity index (χ2n) is 7.78. The van der Waals surface area contributed by atoms with Crippen LogP contribution in [0.3, 0.4) is 0 Å². The van der Waals surface area contributed by atoms with Crippen LogP contribution < -0.4 is 16.0 Å². The molecule has 2 aromatic heterocycles. The molecule has 0 radical (unpaired) electrons. The van der Waals surface area contributed by atoms with Crippen molar-refractivity contribution in [3.8, 4) is 0 Å².